The van der Waals surface area contributed by atoms with Crippen LogP contribution < -0.4 is 5.32 Å². The summed E-state index contributed by atoms with van der Waals surface area (Å²) < 4.78 is 5.15. The summed E-state index contributed by atoms with van der Waals surface area (Å²) in [7, 11) is 0. The minimum Gasteiger partial charge on any atom is -0.356 e. The predicted octanol–water partition coefficient (Wildman–Crippen LogP) is 1.86. The Morgan fingerprint density at radius 1 is 1.29 bits per heavy atom. The third-order valence-electron chi connectivity index (χ3n) is 3.90. The van der Waals surface area contributed by atoms with Crippen molar-refractivity contribution in [3.63, 3.8) is 0 Å². The number of carbonyl (C=O) groups is 2. The van der Waals surface area contributed by atoms with Crippen LogP contribution >= 0.6 is 11.3 Å². The Kier molecular flexibility index (Phi) is 5.58. The van der Waals surface area contributed by atoms with Crippen LogP contribution in [0.2, 0.25) is 0 Å². The number of carbonyl (C=O) groups excluding carboxylic acids is 2. The molecule has 1 fully saturated rings. The number of likely N-dealkylation sites (tertiary alicyclic amines) is 1. The first-order chi connectivity index (χ1) is 11.7. The number of amides is 2. The molecule has 3 heterocycles. The lowest BCUT2D eigenvalue weighted by molar-refractivity contribution is -0.130. The Bertz CT molecular complexity index is 677. The van der Waals surface area contributed by atoms with Gasteiger partial charge in [0.25, 0.3) is 0 Å². The number of hydrogen-bond donors (Lipinski definition) is 1. The van der Waals surface area contributed by atoms with Crippen molar-refractivity contribution in [1.29, 1.82) is 0 Å². The Morgan fingerprint density at radius 2 is 2.12 bits per heavy atom. The largest absolute Gasteiger partial charge is 0.356 e. The van der Waals surface area contributed by atoms with Crippen LogP contribution in [0.1, 0.15) is 31.6 Å². The van der Waals surface area contributed by atoms with E-state index in [1.165, 1.54) is 11.3 Å². The van der Waals surface area contributed by atoms with Crippen molar-refractivity contribution in [2.24, 2.45) is 0 Å². The molecule has 7 nitrogen and oxygen atoms in total. The Hall–Kier alpha value is -2.22. The first-order valence-electron chi connectivity index (χ1n) is 8.13. The van der Waals surface area contributed by atoms with Gasteiger partial charge >= 0.3 is 0 Å². The molecule has 1 N–H and O–H groups in total. The first kappa shape index (κ1) is 16.6. The van der Waals surface area contributed by atoms with Gasteiger partial charge < -0.3 is 14.7 Å². The van der Waals surface area contributed by atoms with Crippen molar-refractivity contribution in [3.05, 3.63) is 23.4 Å². The maximum atomic E-state index is 11.9. The van der Waals surface area contributed by atoms with Gasteiger partial charge in [-0.25, -0.2) is 0 Å². The summed E-state index contributed by atoms with van der Waals surface area (Å²) in [5, 5.41) is 8.62. The zero-order valence-electron chi connectivity index (χ0n) is 13.4. The Balaban J connectivity index is 1.36. The maximum absolute atomic E-state index is 11.9. The fourth-order valence-corrected chi connectivity index (χ4v) is 3.25. The molecular weight excluding hydrogens is 328 g/mol. The molecule has 128 valence electrons. The van der Waals surface area contributed by atoms with E-state index in [4.69, 9.17) is 4.52 Å². The summed E-state index contributed by atoms with van der Waals surface area (Å²) in [5.74, 6) is 1.00. The molecule has 3 rings (SSSR count). The fourth-order valence-electron chi connectivity index (χ4n) is 2.60. The third kappa shape index (κ3) is 4.41. The molecule has 1 aliphatic heterocycles. The van der Waals surface area contributed by atoms with Crippen LogP contribution in [-0.2, 0) is 16.0 Å². The van der Waals surface area contributed by atoms with Gasteiger partial charge in [0.2, 0.25) is 23.5 Å². The normalized spacial score (nSPS) is 14.1. The van der Waals surface area contributed by atoms with Crippen molar-refractivity contribution >= 4 is 23.2 Å². The van der Waals surface area contributed by atoms with Gasteiger partial charge in [-0.3, -0.25) is 9.59 Å². The number of aryl methyl sites for hydroxylation is 1. The molecule has 0 bridgehead atoms. The van der Waals surface area contributed by atoms with E-state index in [2.05, 4.69) is 15.5 Å². The first-order valence-corrected chi connectivity index (χ1v) is 9.01. The summed E-state index contributed by atoms with van der Waals surface area (Å²) >= 11 is 1.54. The second-order valence-corrected chi connectivity index (χ2v) is 6.62. The zero-order valence-corrected chi connectivity index (χ0v) is 14.2. The van der Waals surface area contributed by atoms with E-state index in [1.807, 2.05) is 22.4 Å². The fraction of sp³-hybridized carbons (Fsp3) is 0.500. The van der Waals surface area contributed by atoms with Crippen molar-refractivity contribution in [2.45, 2.75) is 32.1 Å². The summed E-state index contributed by atoms with van der Waals surface area (Å²) in [4.78, 5) is 30.8. The molecule has 0 spiro atoms. The van der Waals surface area contributed by atoms with Crippen LogP contribution in [0.25, 0.3) is 10.7 Å². The monoisotopic (exact) mass is 348 g/mol. The third-order valence-corrected chi connectivity index (χ3v) is 4.76. The van der Waals surface area contributed by atoms with E-state index < -0.39 is 0 Å². The predicted molar refractivity (Wildman–Crippen MR) is 89.4 cm³/mol. The number of nitrogens with zero attached hydrogens (tertiary/aromatic N) is 3. The molecule has 0 aromatic carbocycles. The summed E-state index contributed by atoms with van der Waals surface area (Å²) in [6.07, 6.45) is 3.18. The Morgan fingerprint density at radius 3 is 2.88 bits per heavy atom. The molecule has 24 heavy (non-hydrogen) atoms. The van der Waals surface area contributed by atoms with E-state index in [9.17, 15) is 9.59 Å². The van der Waals surface area contributed by atoms with Crippen molar-refractivity contribution < 1.29 is 14.1 Å². The van der Waals surface area contributed by atoms with E-state index in [0.717, 1.165) is 30.8 Å². The molecule has 1 saturated heterocycles. The molecule has 2 aromatic rings. The lowest BCUT2D eigenvalue weighted by Crippen LogP contribution is -2.32. The molecule has 1 aliphatic rings. The molecule has 0 atom stereocenters. The molecule has 2 aromatic heterocycles. The second-order valence-electron chi connectivity index (χ2n) is 5.68. The summed E-state index contributed by atoms with van der Waals surface area (Å²) in [5.41, 5.74) is 0. The number of aromatic nitrogens is 2. The van der Waals surface area contributed by atoms with E-state index in [-0.39, 0.29) is 18.2 Å². The van der Waals surface area contributed by atoms with Crippen LogP contribution in [-0.4, -0.2) is 46.5 Å². The minimum atomic E-state index is -0.111. The van der Waals surface area contributed by atoms with Gasteiger partial charge in [0.15, 0.2) is 0 Å². The molecule has 0 unspecified atom stereocenters. The van der Waals surface area contributed by atoms with E-state index in [0.29, 0.717) is 31.1 Å². The zero-order chi connectivity index (χ0) is 16.8. The van der Waals surface area contributed by atoms with E-state index in [1.54, 1.807) is 0 Å². The lowest BCUT2D eigenvalue weighted by atomic mass is 10.3. The standard InChI is InChI=1S/C16H20N4O3S/c21-13(17-8-7-15(22)20-9-1-2-10-20)5-6-14-18-16(19-23-14)12-4-3-11-24-12/h3-4,11H,1-2,5-10H2,(H,17,21). The highest BCUT2D eigenvalue weighted by atomic mass is 32.1. The molecule has 0 radical (unpaired) electrons. The van der Waals surface area contributed by atoms with Gasteiger partial charge in [0, 0.05) is 38.9 Å². The number of rotatable bonds is 7. The van der Waals surface area contributed by atoms with Crippen molar-refractivity contribution in [1.82, 2.24) is 20.4 Å². The van der Waals surface area contributed by atoms with Crippen LogP contribution in [0.15, 0.2) is 22.0 Å². The average Bonchev–Trinajstić information content (AvgIpc) is 3.34. The topological polar surface area (TPSA) is 88.3 Å². The molecule has 0 aliphatic carbocycles. The van der Waals surface area contributed by atoms with Gasteiger partial charge in [0.05, 0.1) is 4.88 Å². The SMILES string of the molecule is O=C(CCc1nc(-c2cccs2)no1)NCCC(=O)N1CCCC1. The van der Waals surface area contributed by atoms with Gasteiger partial charge in [-0.1, -0.05) is 11.2 Å². The van der Waals surface area contributed by atoms with Crippen LogP contribution in [0.4, 0.5) is 0 Å². The highest BCUT2D eigenvalue weighted by Crippen LogP contribution is 2.21. The smallest absolute Gasteiger partial charge is 0.227 e. The van der Waals surface area contributed by atoms with Gasteiger partial charge in [-0.2, -0.15) is 4.98 Å². The molecule has 2 amide bonds. The number of nitrogens with one attached hydrogen (secondary N) is 1. The van der Waals surface area contributed by atoms with Gasteiger partial charge in [-0.15, -0.1) is 11.3 Å². The van der Waals surface area contributed by atoms with Gasteiger partial charge in [0.1, 0.15) is 0 Å². The highest BCUT2D eigenvalue weighted by Gasteiger charge is 2.17. The average molecular weight is 348 g/mol. The quantitative estimate of drug-likeness (QED) is 0.825. The van der Waals surface area contributed by atoms with Crippen LogP contribution in [0, 0.1) is 0 Å². The van der Waals surface area contributed by atoms with Gasteiger partial charge in [-0.05, 0) is 24.3 Å². The van der Waals surface area contributed by atoms with E-state index >= 15 is 0 Å². The minimum absolute atomic E-state index is 0.111. The van der Waals surface area contributed by atoms with Crippen LogP contribution in [0.5, 0.6) is 0 Å². The molecular formula is C16H20N4O3S. The molecule has 0 saturated carbocycles. The summed E-state index contributed by atoms with van der Waals surface area (Å²) in [6.45, 7) is 2.06. The lowest BCUT2D eigenvalue weighted by Gasteiger charge is -2.15. The van der Waals surface area contributed by atoms with Crippen molar-refractivity contribution in [3.8, 4) is 10.7 Å². The highest BCUT2D eigenvalue weighted by molar-refractivity contribution is 7.13. The van der Waals surface area contributed by atoms with Crippen LogP contribution in [0.3, 0.4) is 0 Å². The van der Waals surface area contributed by atoms with Crippen molar-refractivity contribution in [2.75, 3.05) is 19.6 Å². The summed E-state index contributed by atoms with van der Waals surface area (Å²) in [6, 6.07) is 3.84. The second kappa shape index (κ2) is 8.05. The molecule has 8 heteroatoms. The Labute approximate surface area is 144 Å². The maximum Gasteiger partial charge on any atom is 0.227 e. The number of thiophene rings is 1. The number of hydrogen-bond acceptors (Lipinski definition) is 6.